The number of halogens is 1. The van der Waals surface area contributed by atoms with E-state index in [1.54, 1.807) is 36.0 Å². The summed E-state index contributed by atoms with van der Waals surface area (Å²) in [7, 11) is 4.81. The minimum absolute atomic E-state index is 0.289. The first-order valence-electron chi connectivity index (χ1n) is 7.59. The Morgan fingerprint density at radius 1 is 1.15 bits per heavy atom. The van der Waals surface area contributed by atoms with E-state index in [2.05, 4.69) is 36.8 Å². The highest BCUT2D eigenvalue weighted by Gasteiger charge is 2.15. The molecule has 3 aromatic rings. The summed E-state index contributed by atoms with van der Waals surface area (Å²) in [6.07, 6.45) is 0. The first-order chi connectivity index (χ1) is 12.5. The molecule has 3 rings (SSSR count). The number of hydrogen-bond donors (Lipinski definition) is 1. The highest BCUT2D eigenvalue weighted by Crippen LogP contribution is 2.35. The van der Waals surface area contributed by atoms with E-state index in [0.717, 1.165) is 5.56 Å². The van der Waals surface area contributed by atoms with Crippen molar-refractivity contribution in [2.24, 2.45) is 7.05 Å². The van der Waals surface area contributed by atoms with E-state index in [-0.39, 0.29) is 5.91 Å². The van der Waals surface area contributed by atoms with E-state index in [1.807, 2.05) is 12.1 Å². The van der Waals surface area contributed by atoms with Gasteiger partial charge in [-0.25, -0.2) is 4.68 Å². The normalized spacial score (nSPS) is 10.5. The van der Waals surface area contributed by atoms with Crippen LogP contribution < -0.4 is 14.8 Å². The van der Waals surface area contributed by atoms with Crippen molar-refractivity contribution in [1.82, 2.24) is 20.2 Å². The molecule has 0 unspecified atom stereocenters. The lowest BCUT2D eigenvalue weighted by Crippen LogP contribution is -2.12. The van der Waals surface area contributed by atoms with Crippen LogP contribution in [0.5, 0.6) is 11.5 Å². The number of methoxy groups -OCH3 is 2. The summed E-state index contributed by atoms with van der Waals surface area (Å²) in [5.41, 5.74) is 1.82. The molecule has 2 aromatic carbocycles. The number of amides is 1. The molecule has 0 aliphatic heterocycles. The van der Waals surface area contributed by atoms with Crippen molar-refractivity contribution in [3.63, 3.8) is 0 Å². The van der Waals surface area contributed by atoms with Crippen LogP contribution in [0.1, 0.15) is 10.4 Å². The quantitative estimate of drug-likeness (QED) is 0.685. The molecule has 26 heavy (non-hydrogen) atoms. The Bertz CT molecular complexity index is 932. The molecule has 0 atom stereocenters. The van der Waals surface area contributed by atoms with Crippen LogP contribution in [-0.4, -0.2) is 40.3 Å². The van der Waals surface area contributed by atoms with Gasteiger partial charge in [0.2, 0.25) is 0 Å². The van der Waals surface area contributed by atoms with Gasteiger partial charge >= 0.3 is 0 Å². The van der Waals surface area contributed by atoms with E-state index in [4.69, 9.17) is 9.47 Å². The van der Waals surface area contributed by atoms with Gasteiger partial charge in [-0.05, 0) is 50.6 Å². The molecule has 0 bridgehead atoms. The van der Waals surface area contributed by atoms with Crippen LogP contribution >= 0.6 is 15.9 Å². The molecule has 1 amide bonds. The standard InChI is InChI=1S/C17H16BrN5O3/c1-23-16(20-21-22-23)10-5-4-6-12(7-10)19-17(24)11-8-13(25-2)15(18)14(9-11)26-3/h4-9H,1-3H3,(H,19,24). The SMILES string of the molecule is COc1cc(C(=O)Nc2cccc(-c3nnnn3C)c2)cc(OC)c1Br. The van der Waals surface area contributed by atoms with Gasteiger partial charge in [0, 0.05) is 23.9 Å². The Kier molecular flexibility index (Phi) is 5.17. The zero-order valence-electron chi connectivity index (χ0n) is 14.4. The van der Waals surface area contributed by atoms with Crippen LogP contribution in [0.2, 0.25) is 0 Å². The molecular formula is C17H16BrN5O3. The fourth-order valence-electron chi connectivity index (χ4n) is 2.41. The third kappa shape index (κ3) is 3.52. The van der Waals surface area contributed by atoms with Gasteiger partial charge in [0.15, 0.2) is 5.82 Å². The molecule has 0 spiro atoms. The van der Waals surface area contributed by atoms with Crippen molar-refractivity contribution >= 4 is 27.5 Å². The molecular weight excluding hydrogens is 402 g/mol. The Morgan fingerprint density at radius 3 is 2.42 bits per heavy atom. The van der Waals surface area contributed by atoms with Crippen LogP contribution in [0.15, 0.2) is 40.9 Å². The summed E-state index contributed by atoms with van der Waals surface area (Å²) < 4.78 is 12.8. The average molecular weight is 418 g/mol. The monoisotopic (exact) mass is 417 g/mol. The smallest absolute Gasteiger partial charge is 0.255 e. The average Bonchev–Trinajstić information content (AvgIpc) is 3.08. The Balaban J connectivity index is 1.88. The van der Waals surface area contributed by atoms with Crippen LogP contribution in [0.4, 0.5) is 5.69 Å². The van der Waals surface area contributed by atoms with Crippen molar-refractivity contribution in [2.45, 2.75) is 0 Å². The second kappa shape index (κ2) is 7.52. The molecule has 134 valence electrons. The fraction of sp³-hybridized carbons (Fsp3) is 0.176. The van der Waals surface area contributed by atoms with Gasteiger partial charge in [-0.2, -0.15) is 0 Å². The summed E-state index contributed by atoms with van der Waals surface area (Å²) in [6, 6.07) is 10.6. The van der Waals surface area contributed by atoms with Crippen LogP contribution in [-0.2, 0) is 7.05 Å². The highest BCUT2D eigenvalue weighted by atomic mass is 79.9. The van der Waals surface area contributed by atoms with E-state index >= 15 is 0 Å². The third-order valence-electron chi connectivity index (χ3n) is 3.71. The highest BCUT2D eigenvalue weighted by molar-refractivity contribution is 9.10. The van der Waals surface area contributed by atoms with Gasteiger partial charge in [-0.3, -0.25) is 4.79 Å². The maximum absolute atomic E-state index is 12.6. The largest absolute Gasteiger partial charge is 0.495 e. The number of ether oxygens (including phenoxy) is 2. The number of carbonyl (C=O) groups is 1. The van der Waals surface area contributed by atoms with Crippen LogP contribution in [0.3, 0.4) is 0 Å². The van der Waals surface area contributed by atoms with Crippen molar-refractivity contribution < 1.29 is 14.3 Å². The Morgan fingerprint density at radius 2 is 1.85 bits per heavy atom. The maximum Gasteiger partial charge on any atom is 0.255 e. The zero-order valence-corrected chi connectivity index (χ0v) is 15.9. The van der Waals surface area contributed by atoms with Gasteiger partial charge < -0.3 is 14.8 Å². The first-order valence-corrected chi connectivity index (χ1v) is 8.38. The number of nitrogens with zero attached hydrogens (tertiary/aromatic N) is 4. The van der Waals surface area contributed by atoms with E-state index in [1.165, 1.54) is 14.2 Å². The second-order valence-corrected chi connectivity index (χ2v) is 6.15. The van der Waals surface area contributed by atoms with E-state index in [0.29, 0.717) is 33.0 Å². The maximum atomic E-state index is 12.6. The molecule has 0 saturated carbocycles. The number of rotatable bonds is 5. The van der Waals surface area contributed by atoms with E-state index < -0.39 is 0 Å². The topological polar surface area (TPSA) is 91.2 Å². The lowest BCUT2D eigenvalue weighted by atomic mass is 10.1. The zero-order chi connectivity index (χ0) is 18.7. The molecule has 0 radical (unpaired) electrons. The number of hydrogen-bond acceptors (Lipinski definition) is 6. The van der Waals surface area contributed by atoms with Gasteiger partial charge in [0.25, 0.3) is 5.91 Å². The van der Waals surface area contributed by atoms with Crippen molar-refractivity contribution in [3.05, 3.63) is 46.4 Å². The molecule has 1 N–H and O–H groups in total. The second-order valence-electron chi connectivity index (χ2n) is 5.36. The van der Waals surface area contributed by atoms with E-state index in [9.17, 15) is 4.79 Å². The molecule has 0 fully saturated rings. The molecule has 1 heterocycles. The summed E-state index contributed by atoms with van der Waals surface area (Å²) in [5, 5.41) is 14.3. The van der Waals surface area contributed by atoms with Crippen LogP contribution in [0.25, 0.3) is 11.4 Å². The van der Waals surface area contributed by atoms with Gasteiger partial charge in [0.05, 0.1) is 14.2 Å². The number of benzene rings is 2. The fourth-order valence-corrected chi connectivity index (χ4v) is 2.97. The summed E-state index contributed by atoms with van der Waals surface area (Å²) in [5.74, 6) is 1.33. The minimum atomic E-state index is -0.289. The summed E-state index contributed by atoms with van der Waals surface area (Å²) in [4.78, 5) is 12.6. The predicted octanol–water partition coefficient (Wildman–Crippen LogP) is 2.91. The van der Waals surface area contributed by atoms with Crippen LogP contribution in [0, 0.1) is 0 Å². The molecule has 0 aliphatic carbocycles. The number of carbonyl (C=O) groups excluding carboxylic acids is 1. The molecule has 0 aliphatic rings. The minimum Gasteiger partial charge on any atom is -0.495 e. The number of aryl methyl sites for hydroxylation is 1. The summed E-state index contributed by atoms with van der Waals surface area (Å²) >= 11 is 3.39. The number of aromatic nitrogens is 4. The third-order valence-corrected chi connectivity index (χ3v) is 4.49. The van der Waals surface area contributed by atoms with Crippen molar-refractivity contribution in [3.8, 4) is 22.9 Å². The predicted molar refractivity (Wildman–Crippen MR) is 99.4 cm³/mol. The number of anilines is 1. The lowest BCUT2D eigenvalue weighted by molar-refractivity contribution is 0.102. The van der Waals surface area contributed by atoms with Gasteiger partial charge in [0.1, 0.15) is 16.0 Å². The number of tetrazole rings is 1. The van der Waals surface area contributed by atoms with Crippen molar-refractivity contribution in [2.75, 3.05) is 19.5 Å². The lowest BCUT2D eigenvalue weighted by Gasteiger charge is -2.12. The van der Waals surface area contributed by atoms with Gasteiger partial charge in [-0.15, -0.1) is 5.10 Å². The number of nitrogens with one attached hydrogen (secondary N) is 1. The Labute approximate surface area is 158 Å². The molecule has 9 heteroatoms. The first kappa shape index (κ1) is 17.9. The Hall–Kier alpha value is -2.94. The molecule has 0 saturated heterocycles. The molecule has 8 nitrogen and oxygen atoms in total. The molecule has 1 aromatic heterocycles. The summed E-state index contributed by atoms with van der Waals surface area (Å²) in [6.45, 7) is 0. The van der Waals surface area contributed by atoms with Crippen molar-refractivity contribution in [1.29, 1.82) is 0 Å². The van der Waals surface area contributed by atoms with Gasteiger partial charge in [-0.1, -0.05) is 12.1 Å².